The van der Waals surface area contributed by atoms with E-state index in [1.165, 1.54) is 11.8 Å². The molecule has 1 heterocycles. The standard InChI is InChI=1S/C24H26N4O5/c1-16(30)12-18(15-29)25-22(31)14-28-21-11-7-6-10-20(21)27(2)13-19(24(28)33)26-23(32)17-8-4-3-5-9-17/h3-11,15,18-19H,12-14H2,1-2H3,(H,25,31)(H,26,32)/t18-,19-/m0/s1. The van der Waals surface area contributed by atoms with E-state index in [1.54, 1.807) is 49.5 Å². The number of aldehydes is 1. The molecule has 3 rings (SSSR count). The van der Waals surface area contributed by atoms with Crippen molar-refractivity contribution in [1.29, 1.82) is 0 Å². The number of likely N-dealkylation sites (N-methyl/N-ethyl adjacent to an activating group) is 1. The summed E-state index contributed by atoms with van der Waals surface area (Å²) >= 11 is 0. The number of fused-ring (bicyclic) bond motifs is 1. The molecule has 172 valence electrons. The summed E-state index contributed by atoms with van der Waals surface area (Å²) in [5.74, 6) is -1.69. The summed E-state index contributed by atoms with van der Waals surface area (Å²) in [6.07, 6.45) is 0.367. The number of ketones is 1. The van der Waals surface area contributed by atoms with Crippen LogP contribution in [-0.4, -0.2) is 62.0 Å². The van der Waals surface area contributed by atoms with Crippen LogP contribution in [0.2, 0.25) is 0 Å². The Labute approximate surface area is 191 Å². The first-order valence-electron chi connectivity index (χ1n) is 10.5. The van der Waals surface area contributed by atoms with Gasteiger partial charge in [0.1, 0.15) is 24.7 Å². The first-order chi connectivity index (χ1) is 15.8. The average Bonchev–Trinajstić information content (AvgIpc) is 2.89. The van der Waals surface area contributed by atoms with Gasteiger partial charge < -0.3 is 20.3 Å². The number of hydrogen-bond donors (Lipinski definition) is 2. The van der Waals surface area contributed by atoms with Gasteiger partial charge in [-0.25, -0.2) is 0 Å². The third kappa shape index (κ3) is 5.82. The van der Waals surface area contributed by atoms with E-state index in [2.05, 4.69) is 10.6 Å². The molecule has 2 N–H and O–H groups in total. The van der Waals surface area contributed by atoms with Crippen LogP contribution in [0.4, 0.5) is 11.4 Å². The van der Waals surface area contributed by atoms with Crippen molar-refractivity contribution in [2.45, 2.75) is 25.4 Å². The number of para-hydroxylation sites is 2. The largest absolute Gasteiger partial charge is 0.370 e. The van der Waals surface area contributed by atoms with Crippen molar-refractivity contribution in [1.82, 2.24) is 10.6 Å². The molecule has 33 heavy (non-hydrogen) atoms. The van der Waals surface area contributed by atoms with Gasteiger partial charge in [0.25, 0.3) is 11.8 Å². The Bertz CT molecular complexity index is 1060. The topological polar surface area (TPSA) is 116 Å². The highest BCUT2D eigenvalue weighted by Gasteiger charge is 2.35. The van der Waals surface area contributed by atoms with Gasteiger partial charge in [-0.05, 0) is 31.2 Å². The molecule has 9 heteroatoms. The summed E-state index contributed by atoms with van der Waals surface area (Å²) in [6, 6.07) is 13.8. The molecule has 0 saturated carbocycles. The van der Waals surface area contributed by atoms with Gasteiger partial charge in [0.2, 0.25) is 5.91 Å². The monoisotopic (exact) mass is 450 g/mol. The van der Waals surface area contributed by atoms with Crippen LogP contribution < -0.4 is 20.4 Å². The second-order valence-corrected chi connectivity index (χ2v) is 7.90. The molecule has 2 aromatic carbocycles. The van der Waals surface area contributed by atoms with Crippen molar-refractivity contribution in [3.63, 3.8) is 0 Å². The Morgan fingerprint density at radius 2 is 1.70 bits per heavy atom. The van der Waals surface area contributed by atoms with Crippen LogP contribution in [0.1, 0.15) is 23.7 Å². The van der Waals surface area contributed by atoms with Crippen molar-refractivity contribution in [2.75, 3.05) is 29.9 Å². The van der Waals surface area contributed by atoms with Crippen molar-refractivity contribution in [3.8, 4) is 0 Å². The van der Waals surface area contributed by atoms with Gasteiger partial charge in [0.15, 0.2) is 0 Å². The van der Waals surface area contributed by atoms with E-state index in [4.69, 9.17) is 0 Å². The predicted molar refractivity (Wildman–Crippen MR) is 123 cm³/mol. The highest BCUT2D eigenvalue weighted by atomic mass is 16.2. The van der Waals surface area contributed by atoms with Crippen molar-refractivity contribution in [2.24, 2.45) is 0 Å². The molecule has 0 spiro atoms. The molecule has 2 atom stereocenters. The van der Waals surface area contributed by atoms with Gasteiger partial charge in [-0.3, -0.25) is 24.1 Å². The Kier molecular flexibility index (Phi) is 7.55. The van der Waals surface area contributed by atoms with Crippen molar-refractivity contribution < 1.29 is 24.0 Å². The maximum absolute atomic E-state index is 13.5. The van der Waals surface area contributed by atoms with Crippen LogP contribution in [0.25, 0.3) is 0 Å². The normalized spacial score (nSPS) is 16.3. The second-order valence-electron chi connectivity index (χ2n) is 7.90. The van der Waals surface area contributed by atoms with Crippen LogP contribution in [-0.2, 0) is 19.2 Å². The second kappa shape index (κ2) is 10.5. The number of carbonyl (C=O) groups is 5. The maximum atomic E-state index is 13.5. The highest BCUT2D eigenvalue weighted by Crippen LogP contribution is 2.31. The Morgan fingerprint density at radius 3 is 2.33 bits per heavy atom. The van der Waals surface area contributed by atoms with Gasteiger partial charge >= 0.3 is 0 Å². The lowest BCUT2D eigenvalue weighted by Crippen LogP contribution is -2.54. The molecule has 3 amide bonds. The van der Waals surface area contributed by atoms with E-state index < -0.39 is 29.8 Å². The summed E-state index contributed by atoms with van der Waals surface area (Å²) in [6.45, 7) is 1.16. The average molecular weight is 450 g/mol. The first kappa shape index (κ1) is 23.6. The first-order valence-corrected chi connectivity index (χ1v) is 10.5. The van der Waals surface area contributed by atoms with Crippen LogP contribution in [0.5, 0.6) is 0 Å². The molecule has 0 unspecified atom stereocenters. The van der Waals surface area contributed by atoms with E-state index in [1.807, 2.05) is 17.0 Å². The number of Topliss-reactive ketones (excluding diaryl/α,β-unsaturated/α-hetero) is 1. The zero-order valence-corrected chi connectivity index (χ0v) is 18.5. The summed E-state index contributed by atoms with van der Waals surface area (Å²) in [7, 11) is 1.80. The molecule has 2 aromatic rings. The molecule has 0 aliphatic carbocycles. The van der Waals surface area contributed by atoms with E-state index in [0.717, 1.165) is 0 Å². The molecule has 0 aromatic heterocycles. The minimum atomic E-state index is -0.969. The van der Waals surface area contributed by atoms with E-state index in [-0.39, 0.29) is 25.3 Å². The molecule has 0 saturated heterocycles. The molecule has 0 bridgehead atoms. The van der Waals surface area contributed by atoms with E-state index >= 15 is 0 Å². The number of nitrogens with zero attached hydrogens (tertiary/aromatic N) is 2. The van der Waals surface area contributed by atoms with Crippen LogP contribution in [0.15, 0.2) is 54.6 Å². The molecule has 0 fully saturated rings. The van der Waals surface area contributed by atoms with Gasteiger partial charge in [-0.15, -0.1) is 0 Å². The fraction of sp³-hybridized carbons (Fsp3) is 0.292. The predicted octanol–water partition coefficient (Wildman–Crippen LogP) is 0.931. The minimum Gasteiger partial charge on any atom is -0.370 e. The van der Waals surface area contributed by atoms with Gasteiger partial charge in [-0.2, -0.15) is 0 Å². The van der Waals surface area contributed by atoms with Crippen LogP contribution in [0.3, 0.4) is 0 Å². The lowest BCUT2D eigenvalue weighted by molar-refractivity contribution is -0.126. The molecule has 0 radical (unpaired) electrons. The van der Waals surface area contributed by atoms with Gasteiger partial charge in [-0.1, -0.05) is 30.3 Å². The van der Waals surface area contributed by atoms with Crippen LogP contribution in [0, 0.1) is 0 Å². The number of amides is 3. The number of nitrogens with one attached hydrogen (secondary N) is 2. The summed E-state index contributed by atoms with van der Waals surface area (Å²) in [4.78, 5) is 64.6. The summed E-state index contributed by atoms with van der Waals surface area (Å²) in [5.41, 5.74) is 1.63. The fourth-order valence-corrected chi connectivity index (χ4v) is 3.71. The van der Waals surface area contributed by atoms with E-state index in [0.29, 0.717) is 23.2 Å². The number of rotatable bonds is 8. The minimum absolute atomic E-state index is 0.127. The Balaban J connectivity index is 1.85. The Morgan fingerprint density at radius 1 is 1.06 bits per heavy atom. The van der Waals surface area contributed by atoms with Crippen molar-refractivity contribution >= 4 is 41.2 Å². The molecule has 1 aliphatic rings. The number of anilines is 2. The van der Waals surface area contributed by atoms with E-state index in [9.17, 15) is 24.0 Å². The Hall–Kier alpha value is -4.01. The lowest BCUT2D eigenvalue weighted by Gasteiger charge is -2.25. The summed E-state index contributed by atoms with van der Waals surface area (Å²) in [5, 5.41) is 5.25. The quantitative estimate of drug-likeness (QED) is 0.578. The SMILES string of the molecule is CC(=O)C[C@@H](C=O)NC(=O)CN1C(=O)[C@@H](NC(=O)c2ccccc2)CN(C)c2ccccc21. The molecule has 1 aliphatic heterocycles. The van der Waals surface area contributed by atoms with Crippen molar-refractivity contribution in [3.05, 3.63) is 60.2 Å². The zero-order valence-electron chi connectivity index (χ0n) is 18.5. The third-order valence-electron chi connectivity index (χ3n) is 5.27. The van der Waals surface area contributed by atoms with Crippen LogP contribution >= 0.6 is 0 Å². The number of carbonyl (C=O) groups excluding carboxylic acids is 5. The summed E-state index contributed by atoms with van der Waals surface area (Å²) < 4.78 is 0. The zero-order chi connectivity index (χ0) is 24.0. The third-order valence-corrected chi connectivity index (χ3v) is 5.27. The van der Waals surface area contributed by atoms with Gasteiger partial charge in [0, 0.05) is 25.6 Å². The molecular weight excluding hydrogens is 424 g/mol. The maximum Gasteiger partial charge on any atom is 0.251 e. The number of benzene rings is 2. The fourth-order valence-electron chi connectivity index (χ4n) is 3.71. The lowest BCUT2D eigenvalue weighted by atomic mass is 10.1. The van der Waals surface area contributed by atoms with Gasteiger partial charge in [0.05, 0.1) is 17.4 Å². The number of hydrogen-bond acceptors (Lipinski definition) is 6. The molecular formula is C24H26N4O5. The smallest absolute Gasteiger partial charge is 0.251 e. The molecule has 9 nitrogen and oxygen atoms in total. The highest BCUT2D eigenvalue weighted by molar-refractivity contribution is 6.07.